The molecule has 0 spiro atoms. The van der Waals surface area contributed by atoms with Gasteiger partial charge in [0.2, 0.25) is 0 Å². The summed E-state index contributed by atoms with van der Waals surface area (Å²) >= 11 is 6.01. The molecule has 72 valence electrons. The molecule has 2 nitrogen and oxygen atoms in total. The first-order chi connectivity index (χ1) is 6.19. The molecule has 0 amide bonds. The van der Waals surface area contributed by atoms with Gasteiger partial charge >= 0.3 is 0 Å². The summed E-state index contributed by atoms with van der Waals surface area (Å²) in [5.41, 5.74) is 1.99. The number of methoxy groups -OCH3 is 1. The Balaban J connectivity index is 3.03. The lowest BCUT2D eigenvalue weighted by molar-refractivity contribution is 0.1000. The van der Waals surface area contributed by atoms with Gasteiger partial charge < -0.3 is 4.74 Å². The van der Waals surface area contributed by atoms with Crippen LogP contribution in [0.4, 0.5) is 0 Å². The van der Waals surface area contributed by atoms with Gasteiger partial charge in [-0.05, 0) is 19.4 Å². The highest BCUT2D eigenvalue weighted by molar-refractivity contribution is 6.31. The minimum Gasteiger partial charge on any atom is -0.377 e. The molecule has 1 heterocycles. The van der Waals surface area contributed by atoms with Crippen LogP contribution in [0.2, 0.25) is 5.02 Å². The second-order valence-electron chi connectivity index (χ2n) is 2.98. The van der Waals surface area contributed by atoms with Crippen molar-refractivity contribution in [3.63, 3.8) is 0 Å². The highest BCUT2D eigenvalue weighted by Gasteiger charge is 2.12. The van der Waals surface area contributed by atoms with Crippen molar-refractivity contribution < 1.29 is 4.74 Å². The number of rotatable bonds is 3. The van der Waals surface area contributed by atoms with Crippen molar-refractivity contribution in [1.82, 2.24) is 4.98 Å². The van der Waals surface area contributed by atoms with Gasteiger partial charge in [-0.1, -0.05) is 18.5 Å². The molecule has 1 aromatic heterocycles. The minimum absolute atomic E-state index is 0.0780. The predicted molar refractivity (Wildman–Crippen MR) is 54.0 cm³/mol. The number of aromatic nitrogens is 1. The van der Waals surface area contributed by atoms with Crippen LogP contribution in [-0.4, -0.2) is 12.1 Å². The Morgan fingerprint density at radius 2 is 2.31 bits per heavy atom. The van der Waals surface area contributed by atoms with Crippen LogP contribution in [0.3, 0.4) is 0 Å². The van der Waals surface area contributed by atoms with Crippen molar-refractivity contribution in [3.05, 3.63) is 28.5 Å². The van der Waals surface area contributed by atoms with E-state index in [0.717, 1.165) is 17.7 Å². The Bertz CT molecular complexity index is 284. The largest absolute Gasteiger partial charge is 0.377 e. The molecule has 0 aliphatic heterocycles. The Morgan fingerprint density at radius 1 is 1.62 bits per heavy atom. The highest BCUT2D eigenvalue weighted by Crippen LogP contribution is 2.27. The lowest BCUT2D eigenvalue weighted by atomic mass is 10.1. The molecule has 0 saturated heterocycles. The topological polar surface area (TPSA) is 22.1 Å². The van der Waals surface area contributed by atoms with Crippen molar-refractivity contribution in [2.75, 3.05) is 7.11 Å². The molecule has 0 aliphatic carbocycles. The molecule has 0 aliphatic rings. The van der Waals surface area contributed by atoms with Gasteiger partial charge in [-0.25, -0.2) is 0 Å². The Labute approximate surface area is 83.9 Å². The lowest BCUT2D eigenvalue weighted by Crippen LogP contribution is -2.01. The van der Waals surface area contributed by atoms with Crippen LogP contribution in [0.15, 0.2) is 12.3 Å². The molecule has 0 fully saturated rings. The number of ether oxygens (including phenoxy) is 1. The number of hydrogen-bond donors (Lipinski definition) is 0. The lowest BCUT2D eigenvalue weighted by Gasteiger charge is -2.14. The van der Waals surface area contributed by atoms with E-state index < -0.39 is 0 Å². The van der Waals surface area contributed by atoms with Gasteiger partial charge in [-0.15, -0.1) is 0 Å². The summed E-state index contributed by atoms with van der Waals surface area (Å²) in [7, 11) is 1.69. The number of halogens is 1. The fourth-order valence-corrected chi connectivity index (χ4v) is 1.55. The molecule has 0 saturated carbocycles. The number of aryl methyl sites for hydroxylation is 1. The SMILES string of the molecule is CCC(OC)c1cc(C)ncc1Cl. The zero-order chi connectivity index (χ0) is 9.84. The van der Waals surface area contributed by atoms with Gasteiger partial charge in [0.05, 0.1) is 11.1 Å². The number of pyridine rings is 1. The number of hydrogen-bond acceptors (Lipinski definition) is 2. The summed E-state index contributed by atoms with van der Waals surface area (Å²) in [6.07, 6.45) is 2.67. The zero-order valence-electron chi connectivity index (χ0n) is 8.17. The maximum Gasteiger partial charge on any atom is 0.0834 e. The monoisotopic (exact) mass is 199 g/mol. The Kier molecular flexibility index (Phi) is 3.70. The molecular weight excluding hydrogens is 186 g/mol. The van der Waals surface area contributed by atoms with Gasteiger partial charge in [-0.2, -0.15) is 0 Å². The van der Waals surface area contributed by atoms with Crippen LogP contribution in [0.5, 0.6) is 0 Å². The summed E-state index contributed by atoms with van der Waals surface area (Å²) < 4.78 is 5.31. The zero-order valence-corrected chi connectivity index (χ0v) is 8.93. The Hall–Kier alpha value is -0.600. The van der Waals surface area contributed by atoms with Crippen LogP contribution >= 0.6 is 11.6 Å². The fraction of sp³-hybridized carbons (Fsp3) is 0.500. The van der Waals surface area contributed by atoms with Crippen molar-refractivity contribution in [1.29, 1.82) is 0 Å². The van der Waals surface area contributed by atoms with Crippen LogP contribution in [0.1, 0.15) is 30.7 Å². The van der Waals surface area contributed by atoms with Gasteiger partial charge in [0.1, 0.15) is 0 Å². The van der Waals surface area contributed by atoms with E-state index in [9.17, 15) is 0 Å². The predicted octanol–water partition coefficient (Wildman–Crippen LogP) is 3.14. The molecule has 0 radical (unpaired) electrons. The van der Waals surface area contributed by atoms with Gasteiger partial charge in [0, 0.05) is 24.6 Å². The first-order valence-electron chi connectivity index (χ1n) is 4.33. The van der Waals surface area contributed by atoms with Crippen molar-refractivity contribution in [3.8, 4) is 0 Å². The van der Waals surface area contributed by atoms with Crippen LogP contribution < -0.4 is 0 Å². The molecule has 0 aromatic carbocycles. The summed E-state index contributed by atoms with van der Waals surface area (Å²) in [6, 6.07) is 1.97. The van der Waals surface area contributed by atoms with E-state index in [-0.39, 0.29) is 6.10 Å². The van der Waals surface area contributed by atoms with Gasteiger partial charge in [0.25, 0.3) is 0 Å². The van der Waals surface area contributed by atoms with E-state index >= 15 is 0 Å². The summed E-state index contributed by atoms with van der Waals surface area (Å²) in [6.45, 7) is 4.02. The molecule has 1 unspecified atom stereocenters. The maximum atomic E-state index is 6.01. The fourth-order valence-electron chi connectivity index (χ4n) is 1.32. The van der Waals surface area contributed by atoms with E-state index in [0.29, 0.717) is 5.02 Å². The van der Waals surface area contributed by atoms with Crippen molar-refractivity contribution in [2.24, 2.45) is 0 Å². The average Bonchev–Trinajstić information content (AvgIpc) is 2.13. The number of nitrogens with zero attached hydrogens (tertiary/aromatic N) is 1. The molecular formula is C10H14ClNO. The summed E-state index contributed by atoms with van der Waals surface area (Å²) in [5, 5.41) is 0.680. The third-order valence-electron chi connectivity index (χ3n) is 2.02. The normalized spacial score (nSPS) is 12.9. The van der Waals surface area contributed by atoms with E-state index in [1.807, 2.05) is 13.0 Å². The molecule has 0 bridgehead atoms. The maximum absolute atomic E-state index is 6.01. The van der Waals surface area contributed by atoms with Gasteiger partial charge in [-0.3, -0.25) is 4.98 Å². The van der Waals surface area contributed by atoms with Gasteiger partial charge in [0.15, 0.2) is 0 Å². The minimum atomic E-state index is 0.0780. The van der Waals surface area contributed by atoms with Crippen molar-refractivity contribution in [2.45, 2.75) is 26.4 Å². The molecule has 0 N–H and O–H groups in total. The molecule has 3 heteroatoms. The Morgan fingerprint density at radius 3 is 2.85 bits per heavy atom. The van der Waals surface area contributed by atoms with E-state index in [2.05, 4.69) is 11.9 Å². The second-order valence-corrected chi connectivity index (χ2v) is 3.39. The van der Waals surface area contributed by atoms with Crippen LogP contribution in [0.25, 0.3) is 0 Å². The first-order valence-corrected chi connectivity index (χ1v) is 4.71. The average molecular weight is 200 g/mol. The van der Waals surface area contributed by atoms with Crippen LogP contribution in [-0.2, 0) is 4.74 Å². The van der Waals surface area contributed by atoms with E-state index in [1.54, 1.807) is 13.3 Å². The molecule has 1 aromatic rings. The summed E-state index contributed by atoms with van der Waals surface area (Å²) in [4.78, 5) is 4.10. The highest BCUT2D eigenvalue weighted by atomic mass is 35.5. The summed E-state index contributed by atoms with van der Waals surface area (Å²) in [5.74, 6) is 0. The standard InChI is InChI=1S/C10H14ClNO/c1-4-10(13-3)8-5-7(2)12-6-9(8)11/h5-6,10H,4H2,1-3H3. The van der Waals surface area contributed by atoms with E-state index in [4.69, 9.17) is 16.3 Å². The second kappa shape index (κ2) is 4.58. The smallest absolute Gasteiger partial charge is 0.0834 e. The molecule has 1 atom stereocenters. The quantitative estimate of drug-likeness (QED) is 0.746. The van der Waals surface area contributed by atoms with E-state index in [1.165, 1.54) is 0 Å². The molecule has 1 rings (SSSR count). The third kappa shape index (κ3) is 2.42. The first kappa shape index (κ1) is 10.5. The van der Waals surface area contributed by atoms with Crippen molar-refractivity contribution >= 4 is 11.6 Å². The third-order valence-corrected chi connectivity index (χ3v) is 2.34. The van der Waals surface area contributed by atoms with Crippen LogP contribution in [0, 0.1) is 6.92 Å². The molecule has 13 heavy (non-hydrogen) atoms.